The van der Waals surface area contributed by atoms with Crippen molar-refractivity contribution in [3.05, 3.63) is 101 Å². The van der Waals surface area contributed by atoms with Gasteiger partial charge in [0.15, 0.2) is 0 Å². The zero-order valence-electron chi connectivity index (χ0n) is 18.6. The SMILES string of the molecule is Cc1ccc(C)c([C@H](c2ccccc2)N2CCN(C(=O)Nc3ccccc3C)CC2)c1. The largest absolute Gasteiger partial charge is 0.322 e. The van der Waals surface area contributed by atoms with Gasteiger partial charge in [0.25, 0.3) is 0 Å². The minimum absolute atomic E-state index is 0.0167. The Labute approximate surface area is 185 Å². The van der Waals surface area contributed by atoms with Gasteiger partial charge in [-0.05, 0) is 49.1 Å². The molecule has 3 aromatic rings. The topological polar surface area (TPSA) is 35.6 Å². The second-order valence-corrected chi connectivity index (χ2v) is 8.44. The van der Waals surface area contributed by atoms with Gasteiger partial charge in [-0.25, -0.2) is 4.79 Å². The third-order valence-corrected chi connectivity index (χ3v) is 6.20. The molecule has 0 aromatic heterocycles. The maximum atomic E-state index is 12.8. The lowest BCUT2D eigenvalue weighted by Crippen LogP contribution is -2.51. The van der Waals surface area contributed by atoms with Gasteiger partial charge < -0.3 is 10.2 Å². The summed E-state index contributed by atoms with van der Waals surface area (Å²) in [6, 6.07) is 25.5. The zero-order valence-corrected chi connectivity index (χ0v) is 18.6. The lowest BCUT2D eigenvalue weighted by molar-refractivity contribution is 0.126. The third-order valence-electron chi connectivity index (χ3n) is 6.20. The van der Waals surface area contributed by atoms with Gasteiger partial charge in [-0.3, -0.25) is 4.90 Å². The predicted molar refractivity (Wildman–Crippen MR) is 128 cm³/mol. The number of carbonyl (C=O) groups excluding carboxylic acids is 1. The molecule has 0 saturated carbocycles. The number of anilines is 1. The van der Waals surface area contributed by atoms with E-state index < -0.39 is 0 Å². The molecule has 4 nitrogen and oxygen atoms in total. The Morgan fingerprint density at radius 2 is 1.48 bits per heavy atom. The van der Waals surface area contributed by atoms with Gasteiger partial charge in [-0.1, -0.05) is 72.3 Å². The summed E-state index contributed by atoms with van der Waals surface area (Å²) < 4.78 is 0. The van der Waals surface area contributed by atoms with Crippen LogP contribution in [0.5, 0.6) is 0 Å². The van der Waals surface area contributed by atoms with Crippen molar-refractivity contribution in [2.24, 2.45) is 0 Å². The summed E-state index contributed by atoms with van der Waals surface area (Å²) in [6.07, 6.45) is 0. The molecule has 1 fully saturated rings. The minimum Gasteiger partial charge on any atom is -0.322 e. The van der Waals surface area contributed by atoms with E-state index in [0.29, 0.717) is 13.1 Å². The fourth-order valence-electron chi connectivity index (χ4n) is 4.37. The molecule has 1 saturated heterocycles. The van der Waals surface area contributed by atoms with Gasteiger partial charge in [-0.15, -0.1) is 0 Å². The molecule has 0 radical (unpaired) electrons. The standard InChI is InChI=1S/C27H31N3O/c1-20-13-14-21(2)24(19-20)26(23-10-5-4-6-11-23)29-15-17-30(18-16-29)27(31)28-25-12-8-7-9-22(25)3/h4-14,19,26H,15-18H2,1-3H3,(H,28,31)/t26-/m0/s1. The Bertz CT molecular complexity index is 1040. The van der Waals surface area contributed by atoms with Crippen molar-refractivity contribution in [1.29, 1.82) is 0 Å². The van der Waals surface area contributed by atoms with Crippen LogP contribution < -0.4 is 5.32 Å². The summed E-state index contributed by atoms with van der Waals surface area (Å²) in [5, 5.41) is 3.07. The van der Waals surface area contributed by atoms with Crippen LogP contribution in [0.2, 0.25) is 0 Å². The van der Waals surface area contributed by atoms with Crippen molar-refractivity contribution >= 4 is 11.7 Å². The van der Waals surface area contributed by atoms with E-state index in [4.69, 9.17) is 0 Å². The number of aryl methyl sites for hydroxylation is 3. The van der Waals surface area contributed by atoms with Gasteiger partial charge in [0.2, 0.25) is 0 Å². The van der Waals surface area contributed by atoms with E-state index in [-0.39, 0.29) is 12.1 Å². The van der Waals surface area contributed by atoms with Crippen LogP contribution in [-0.4, -0.2) is 42.0 Å². The number of benzene rings is 3. The minimum atomic E-state index is -0.0167. The molecule has 2 amide bonds. The van der Waals surface area contributed by atoms with E-state index in [9.17, 15) is 4.79 Å². The smallest absolute Gasteiger partial charge is 0.321 e. The van der Waals surface area contributed by atoms with Crippen LogP contribution in [0.15, 0.2) is 72.8 Å². The van der Waals surface area contributed by atoms with Crippen LogP contribution in [0.3, 0.4) is 0 Å². The van der Waals surface area contributed by atoms with Crippen molar-refractivity contribution in [1.82, 2.24) is 9.80 Å². The Morgan fingerprint density at radius 1 is 0.806 bits per heavy atom. The quantitative estimate of drug-likeness (QED) is 0.609. The highest BCUT2D eigenvalue weighted by atomic mass is 16.2. The van der Waals surface area contributed by atoms with E-state index in [1.807, 2.05) is 36.1 Å². The van der Waals surface area contributed by atoms with Crippen LogP contribution in [-0.2, 0) is 0 Å². The number of nitrogens with one attached hydrogen (secondary N) is 1. The van der Waals surface area contributed by atoms with Gasteiger partial charge in [0, 0.05) is 31.9 Å². The van der Waals surface area contributed by atoms with Gasteiger partial charge in [0.05, 0.1) is 6.04 Å². The summed E-state index contributed by atoms with van der Waals surface area (Å²) in [6.45, 7) is 9.47. The Morgan fingerprint density at radius 3 is 2.19 bits per heavy atom. The second-order valence-electron chi connectivity index (χ2n) is 8.44. The van der Waals surface area contributed by atoms with Crippen LogP contribution in [0.4, 0.5) is 10.5 Å². The van der Waals surface area contributed by atoms with Crippen LogP contribution in [0.1, 0.15) is 33.9 Å². The average molecular weight is 414 g/mol. The molecule has 1 aliphatic heterocycles. The number of hydrogen-bond acceptors (Lipinski definition) is 2. The van der Waals surface area contributed by atoms with Crippen LogP contribution in [0, 0.1) is 20.8 Å². The fourth-order valence-corrected chi connectivity index (χ4v) is 4.37. The van der Waals surface area contributed by atoms with Gasteiger partial charge in [-0.2, -0.15) is 0 Å². The summed E-state index contributed by atoms with van der Waals surface area (Å²) in [4.78, 5) is 17.3. The molecule has 4 heteroatoms. The van der Waals surface area contributed by atoms with E-state index in [1.54, 1.807) is 0 Å². The molecule has 0 spiro atoms. The molecule has 1 aliphatic rings. The number of urea groups is 1. The Kier molecular flexibility index (Phi) is 6.38. The highest BCUT2D eigenvalue weighted by Gasteiger charge is 2.29. The van der Waals surface area contributed by atoms with Gasteiger partial charge in [0.1, 0.15) is 0 Å². The summed E-state index contributed by atoms with van der Waals surface area (Å²) in [5.41, 5.74) is 7.19. The lowest BCUT2D eigenvalue weighted by atomic mass is 9.92. The van der Waals surface area contributed by atoms with Crippen LogP contribution in [0.25, 0.3) is 0 Å². The number of carbonyl (C=O) groups is 1. The molecule has 0 bridgehead atoms. The first-order valence-corrected chi connectivity index (χ1v) is 11.0. The van der Waals surface area contributed by atoms with E-state index in [1.165, 1.54) is 22.3 Å². The maximum Gasteiger partial charge on any atom is 0.321 e. The van der Waals surface area contributed by atoms with Crippen molar-refractivity contribution in [2.75, 3.05) is 31.5 Å². The first kappa shape index (κ1) is 21.1. The second kappa shape index (κ2) is 9.36. The number of piperazine rings is 1. The molecule has 4 rings (SSSR count). The molecule has 160 valence electrons. The van der Waals surface area contributed by atoms with E-state index in [2.05, 4.69) is 72.6 Å². The molecule has 31 heavy (non-hydrogen) atoms. The first-order chi connectivity index (χ1) is 15.0. The molecular weight excluding hydrogens is 382 g/mol. The van der Waals surface area contributed by atoms with Crippen molar-refractivity contribution in [3.8, 4) is 0 Å². The monoisotopic (exact) mass is 413 g/mol. The fraction of sp³-hybridized carbons (Fsp3) is 0.296. The van der Waals surface area contributed by atoms with Gasteiger partial charge >= 0.3 is 6.03 Å². The lowest BCUT2D eigenvalue weighted by Gasteiger charge is -2.40. The summed E-state index contributed by atoms with van der Waals surface area (Å²) in [7, 11) is 0. The Balaban J connectivity index is 1.51. The molecular formula is C27H31N3O. The normalized spacial score (nSPS) is 15.5. The molecule has 1 N–H and O–H groups in total. The summed E-state index contributed by atoms with van der Waals surface area (Å²) >= 11 is 0. The predicted octanol–water partition coefficient (Wildman–Crippen LogP) is 5.55. The number of hydrogen-bond donors (Lipinski definition) is 1. The van der Waals surface area contributed by atoms with Crippen molar-refractivity contribution in [2.45, 2.75) is 26.8 Å². The highest BCUT2D eigenvalue weighted by Crippen LogP contribution is 2.32. The molecule has 3 aromatic carbocycles. The molecule has 0 aliphatic carbocycles. The molecule has 1 atom stereocenters. The number of nitrogens with zero attached hydrogens (tertiary/aromatic N) is 2. The first-order valence-electron chi connectivity index (χ1n) is 11.0. The average Bonchev–Trinajstić information content (AvgIpc) is 2.79. The van der Waals surface area contributed by atoms with Crippen molar-refractivity contribution < 1.29 is 4.79 Å². The van der Waals surface area contributed by atoms with E-state index in [0.717, 1.165) is 24.3 Å². The maximum absolute atomic E-state index is 12.8. The Hall–Kier alpha value is -3.11. The number of para-hydroxylation sites is 1. The van der Waals surface area contributed by atoms with E-state index >= 15 is 0 Å². The molecule has 1 heterocycles. The molecule has 0 unspecified atom stereocenters. The number of amides is 2. The third kappa shape index (κ3) is 4.80. The number of rotatable bonds is 4. The summed E-state index contributed by atoms with van der Waals surface area (Å²) in [5.74, 6) is 0. The van der Waals surface area contributed by atoms with Crippen molar-refractivity contribution in [3.63, 3.8) is 0 Å². The van der Waals surface area contributed by atoms with Crippen LogP contribution >= 0.6 is 0 Å². The zero-order chi connectivity index (χ0) is 21.8. The highest BCUT2D eigenvalue weighted by molar-refractivity contribution is 5.90.